The molecule has 0 aromatic heterocycles. The van der Waals surface area contributed by atoms with Crippen LogP contribution in [0.2, 0.25) is 0 Å². The zero-order chi connectivity index (χ0) is 11.4. The van der Waals surface area contributed by atoms with E-state index in [1.807, 2.05) is 27.9 Å². The first-order valence-corrected chi connectivity index (χ1v) is 4.87. The normalized spacial score (nSPS) is 11.6. The molecule has 0 spiro atoms. The minimum atomic E-state index is -0.166. The predicted molar refractivity (Wildman–Crippen MR) is 60.2 cm³/mol. The SMILES string of the molecule is C=C(C)C(=O)NC(C)(C)CCN(C)C. The van der Waals surface area contributed by atoms with E-state index in [4.69, 9.17) is 0 Å². The molecule has 0 heterocycles. The predicted octanol–water partition coefficient (Wildman–Crippen LogP) is 1.41. The van der Waals surface area contributed by atoms with Crippen LogP contribution in [0.5, 0.6) is 0 Å². The maximum atomic E-state index is 11.4. The largest absolute Gasteiger partial charge is 0.347 e. The second-order valence-corrected chi connectivity index (χ2v) is 4.67. The molecule has 0 aromatic rings. The minimum absolute atomic E-state index is 0.0613. The van der Waals surface area contributed by atoms with Gasteiger partial charge in [-0.1, -0.05) is 6.58 Å². The summed E-state index contributed by atoms with van der Waals surface area (Å²) in [6.07, 6.45) is 0.930. The van der Waals surface area contributed by atoms with E-state index in [1.165, 1.54) is 0 Å². The van der Waals surface area contributed by atoms with E-state index >= 15 is 0 Å². The number of nitrogens with one attached hydrogen (secondary N) is 1. The van der Waals surface area contributed by atoms with Crippen LogP contribution in [0, 0.1) is 0 Å². The molecule has 0 fully saturated rings. The van der Waals surface area contributed by atoms with Crippen LogP contribution in [0.4, 0.5) is 0 Å². The van der Waals surface area contributed by atoms with E-state index in [-0.39, 0.29) is 11.4 Å². The molecule has 82 valence electrons. The summed E-state index contributed by atoms with van der Waals surface area (Å²) in [6, 6.07) is 0. The number of hydrogen-bond donors (Lipinski definition) is 1. The second kappa shape index (κ2) is 5.15. The third-order valence-electron chi connectivity index (χ3n) is 2.02. The zero-order valence-electron chi connectivity index (χ0n) is 9.98. The van der Waals surface area contributed by atoms with Gasteiger partial charge in [0.2, 0.25) is 5.91 Å². The summed E-state index contributed by atoms with van der Waals surface area (Å²) in [5, 5.41) is 2.95. The van der Waals surface area contributed by atoms with Gasteiger partial charge in [0.15, 0.2) is 0 Å². The summed E-state index contributed by atoms with van der Waals surface area (Å²) in [5.74, 6) is -0.0613. The molecule has 0 saturated heterocycles. The van der Waals surface area contributed by atoms with Crippen LogP contribution in [0.1, 0.15) is 27.2 Å². The van der Waals surface area contributed by atoms with Gasteiger partial charge in [0.05, 0.1) is 0 Å². The van der Waals surface area contributed by atoms with Crippen LogP contribution in [-0.2, 0) is 4.79 Å². The first-order valence-electron chi connectivity index (χ1n) is 4.87. The van der Waals surface area contributed by atoms with Crippen LogP contribution in [0.15, 0.2) is 12.2 Å². The molecule has 1 amide bonds. The molecule has 0 unspecified atom stereocenters. The van der Waals surface area contributed by atoms with E-state index in [2.05, 4.69) is 16.8 Å². The van der Waals surface area contributed by atoms with Crippen molar-refractivity contribution in [2.24, 2.45) is 0 Å². The summed E-state index contributed by atoms with van der Waals surface area (Å²) < 4.78 is 0. The molecule has 0 aliphatic carbocycles. The van der Waals surface area contributed by atoms with E-state index in [1.54, 1.807) is 6.92 Å². The number of carbonyl (C=O) groups excluding carboxylic acids is 1. The maximum absolute atomic E-state index is 11.4. The Morgan fingerprint density at radius 2 is 1.93 bits per heavy atom. The third-order valence-corrected chi connectivity index (χ3v) is 2.02. The minimum Gasteiger partial charge on any atom is -0.347 e. The smallest absolute Gasteiger partial charge is 0.246 e. The molecule has 14 heavy (non-hydrogen) atoms. The lowest BCUT2D eigenvalue weighted by Gasteiger charge is -2.27. The molecule has 0 radical (unpaired) electrons. The number of rotatable bonds is 5. The third kappa shape index (κ3) is 5.75. The van der Waals surface area contributed by atoms with Crippen LogP contribution < -0.4 is 5.32 Å². The van der Waals surface area contributed by atoms with Gasteiger partial charge in [-0.25, -0.2) is 0 Å². The molecular weight excluding hydrogens is 176 g/mol. The van der Waals surface area contributed by atoms with Gasteiger partial charge >= 0.3 is 0 Å². The van der Waals surface area contributed by atoms with Crippen molar-refractivity contribution < 1.29 is 4.79 Å². The van der Waals surface area contributed by atoms with Crippen molar-refractivity contribution in [3.8, 4) is 0 Å². The topological polar surface area (TPSA) is 32.3 Å². The van der Waals surface area contributed by atoms with Crippen LogP contribution >= 0.6 is 0 Å². The van der Waals surface area contributed by atoms with Crippen LogP contribution in [0.3, 0.4) is 0 Å². The van der Waals surface area contributed by atoms with Crippen molar-refractivity contribution >= 4 is 5.91 Å². The molecule has 0 aliphatic heterocycles. The zero-order valence-corrected chi connectivity index (χ0v) is 9.98. The van der Waals surface area contributed by atoms with Crippen molar-refractivity contribution in [3.05, 3.63) is 12.2 Å². The fourth-order valence-corrected chi connectivity index (χ4v) is 0.980. The highest BCUT2D eigenvalue weighted by Gasteiger charge is 2.20. The molecule has 0 saturated carbocycles. The van der Waals surface area contributed by atoms with Crippen molar-refractivity contribution in [1.82, 2.24) is 10.2 Å². The fraction of sp³-hybridized carbons (Fsp3) is 0.727. The lowest BCUT2D eigenvalue weighted by Crippen LogP contribution is -2.45. The Morgan fingerprint density at radius 1 is 1.43 bits per heavy atom. The van der Waals surface area contributed by atoms with Gasteiger partial charge in [0.25, 0.3) is 0 Å². The average molecular weight is 198 g/mol. The standard InChI is InChI=1S/C11H22N2O/c1-9(2)10(14)12-11(3,4)7-8-13(5)6/h1,7-8H2,2-6H3,(H,12,14). The molecule has 0 atom stereocenters. The van der Waals surface area contributed by atoms with Gasteiger partial charge in [-0.3, -0.25) is 4.79 Å². The van der Waals surface area contributed by atoms with E-state index < -0.39 is 0 Å². The molecule has 0 bridgehead atoms. The highest BCUT2D eigenvalue weighted by Crippen LogP contribution is 2.09. The summed E-state index contributed by atoms with van der Waals surface area (Å²) >= 11 is 0. The Morgan fingerprint density at radius 3 is 2.29 bits per heavy atom. The molecule has 0 aliphatic rings. The number of hydrogen-bond acceptors (Lipinski definition) is 2. The number of amides is 1. The van der Waals surface area contributed by atoms with Gasteiger partial charge in [0, 0.05) is 11.1 Å². The Bertz CT molecular complexity index is 219. The van der Waals surface area contributed by atoms with E-state index in [0.717, 1.165) is 13.0 Å². The quantitative estimate of drug-likeness (QED) is 0.677. The Kier molecular flexibility index (Phi) is 4.85. The van der Waals surface area contributed by atoms with Crippen molar-refractivity contribution in [2.75, 3.05) is 20.6 Å². The second-order valence-electron chi connectivity index (χ2n) is 4.67. The van der Waals surface area contributed by atoms with E-state index in [0.29, 0.717) is 5.57 Å². The van der Waals surface area contributed by atoms with E-state index in [9.17, 15) is 4.79 Å². The summed E-state index contributed by atoms with van der Waals surface area (Å²) in [5.41, 5.74) is 0.392. The monoisotopic (exact) mass is 198 g/mol. The highest BCUT2D eigenvalue weighted by atomic mass is 16.1. The Hall–Kier alpha value is -0.830. The first-order chi connectivity index (χ1) is 6.24. The molecule has 3 heteroatoms. The molecule has 0 rings (SSSR count). The Balaban J connectivity index is 4.06. The lowest BCUT2D eigenvalue weighted by molar-refractivity contribution is -0.119. The van der Waals surface area contributed by atoms with Gasteiger partial charge in [-0.05, 0) is 47.8 Å². The highest BCUT2D eigenvalue weighted by molar-refractivity contribution is 5.92. The lowest BCUT2D eigenvalue weighted by atomic mass is 10.00. The van der Waals surface area contributed by atoms with Gasteiger partial charge in [-0.2, -0.15) is 0 Å². The van der Waals surface area contributed by atoms with Crippen molar-refractivity contribution in [2.45, 2.75) is 32.7 Å². The van der Waals surface area contributed by atoms with Gasteiger partial charge < -0.3 is 10.2 Å². The summed E-state index contributed by atoms with van der Waals surface area (Å²) in [4.78, 5) is 13.5. The number of nitrogens with zero attached hydrogens (tertiary/aromatic N) is 1. The molecule has 0 aromatic carbocycles. The van der Waals surface area contributed by atoms with Crippen molar-refractivity contribution in [1.29, 1.82) is 0 Å². The first kappa shape index (κ1) is 13.2. The van der Waals surface area contributed by atoms with Crippen LogP contribution in [-0.4, -0.2) is 37.0 Å². The summed E-state index contributed by atoms with van der Waals surface area (Å²) in [6.45, 7) is 10.3. The molecule has 3 nitrogen and oxygen atoms in total. The van der Waals surface area contributed by atoms with Gasteiger partial charge in [-0.15, -0.1) is 0 Å². The summed E-state index contributed by atoms with van der Waals surface area (Å²) in [7, 11) is 4.05. The van der Waals surface area contributed by atoms with Gasteiger partial charge in [0.1, 0.15) is 0 Å². The number of carbonyl (C=O) groups is 1. The van der Waals surface area contributed by atoms with Crippen molar-refractivity contribution in [3.63, 3.8) is 0 Å². The Labute approximate surface area is 87.2 Å². The van der Waals surface area contributed by atoms with Crippen LogP contribution in [0.25, 0.3) is 0 Å². The molecule has 1 N–H and O–H groups in total. The maximum Gasteiger partial charge on any atom is 0.246 e. The fourth-order valence-electron chi connectivity index (χ4n) is 0.980. The average Bonchev–Trinajstić information content (AvgIpc) is 2.00. The molecular formula is C11H22N2O.